The van der Waals surface area contributed by atoms with Crippen LogP contribution in [0.3, 0.4) is 0 Å². The van der Waals surface area contributed by atoms with Crippen molar-refractivity contribution in [3.05, 3.63) is 30.1 Å². The predicted octanol–water partition coefficient (Wildman–Crippen LogP) is -0.313. The number of carbonyl (C=O) groups excluding carboxylic acids is 2. The largest absolute Gasteiger partial charge is 0.365 e. The second kappa shape index (κ2) is 6.47. The average Bonchev–Trinajstić information content (AvgIpc) is 2.41. The fraction of sp³-hybridized carbons (Fsp3) is 0.429. The van der Waals surface area contributed by atoms with Gasteiger partial charge in [-0.05, 0) is 37.1 Å². The molecule has 20 heavy (non-hydrogen) atoms. The number of piperidine rings is 1. The lowest BCUT2D eigenvalue weighted by Crippen LogP contribution is -3.18. The van der Waals surface area contributed by atoms with Gasteiger partial charge in [0.1, 0.15) is 5.82 Å². The Morgan fingerprint density at radius 1 is 1.30 bits per heavy atom. The van der Waals surface area contributed by atoms with E-state index in [-0.39, 0.29) is 30.2 Å². The number of carbonyl (C=O) groups is 2. The maximum Gasteiger partial charge on any atom is 0.279 e. The molecule has 0 bridgehead atoms. The fourth-order valence-electron chi connectivity index (χ4n) is 2.58. The van der Waals surface area contributed by atoms with E-state index in [1.807, 2.05) is 0 Å². The summed E-state index contributed by atoms with van der Waals surface area (Å²) in [6.45, 7) is 0.968. The number of amides is 2. The normalized spacial score (nSPS) is 22.2. The molecule has 0 spiro atoms. The number of hydrogen-bond donors (Lipinski definition) is 3. The molecular weight excluding hydrogens is 261 g/mol. The number of nitrogens with one attached hydrogen (secondary N) is 2. The summed E-state index contributed by atoms with van der Waals surface area (Å²) >= 11 is 0. The molecule has 2 rings (SSSR count). The number of anilines is 1. The van der Waals surface area contributed by atoms with Crippen LogP contribution in [0.15, 0.2) is 24.3 Å². The van der Waals surface area contributed by atoms with E-state index >= 15 is 0 Å². The number of quaternary nitrogens is 1. The van der Waals surface area contributed by atoms with Crippen LogP contribution >= 0.6 is 0 Å². The Bertz CT molecular complexity index is 490. The van der Waals surface area contributed by atoms with Crippen LogP contribution in [0.25, 0.3) is 0 Å². The Labute approximate surface area is 116 Å². The maximum absolute atomic E-state index is 12.8. The Morgan fingerprint density at radius 3 is 2.65 bits per heavy atom. The molecule has 1 saturated heterocycles. The summed E-state index contributed by atoms with van der Waals surface area (Å²) in [7, 11) is 0. The van der Waals surface area contributed by atoms with Gasteiger partial charge in [0, 0.05) is 12.1 Å². The van der Waals surface area contributed by atoms with Crippen molar-refractivity contribution in [2.45, 2.75) is 25.3 Å². The number of primary amides is 1. The van der Waals surface area contributed by atoms with Crippen molar-refractivity contribution in [3.8, 4) is 0 Å². The highest BCUT2D eigenvalue weighted by molar-refractivity contribution is 5.91. The van der Waals surface area contributed by atoms with E-state index in [2.05, 4.69) is 5.32 Å². The maximum atomic E-state index is 12.8. The molecule has 1 aromatic carbocycles. The first-order valence-electron chi connectivity index (χ1n) is 6.75. The van der Waals surface area contributed by atoms with Crippen LogP contribution in [-0.4, -0.2) is 30.9 Å². The third-order valence-corrected chi connectivity index (χ3v) is 3.59. The van der Waals surface area contributed by atoms with Crippen molar-refractivity contribution >= 4 is 17.5 Å². The molecule has 4 N–H and O–H groups in total. The second-order valence-electron chi connectivity index (χ2n) is 5.09. The molecule has 108 valence electrons. The van der Waals surface area contributed by atoms with E-state index in [0.29, 0.717) is 5.69 Å². The van der Waals surface area contributed by atoms with Crippen molar-refractivity contribution in [1.29, 1.82) is 0 Å². The summed E-state index contributed by atoms with van der Waals surface area (Å²) in [5.74, 6) is -0.896. The average molecular weight is 280 g/mol. The van der Waals surface area contributed by atoms with Gasteiger partial charge in [0.25, 0.3) is 11.8 Å². The van der Waals surface area contributed by atoms with Gasteiger partial charge in [-0.25, -0.2) is 4.39 Å². The SMILES string of the molecule is NC(=O)[C@H]1CCCC[NH+]1CC(=O)Nc1ccc(F)cc1. The van der Waals surface area contributed by atoms with E-state index in [1.165, 1.54) is 24.3 Å². The molecule has 1 aliphatic heterocycles. The summed E-state index contributed by atoms with van der Waals surface area (Å²) in [6.07, 6.45) is 2.69. The van der Waals surface area contributed by atoms with Crippen LogP contribution < -0.4 is 16.0 Å². The molecule has 1 unspecified atom stereocenters. The highest BCUT2D eigenvalue weighted by Crippen LogP contribution is 2.08. The summed E-state index contributed by atoms with van der Waals surface area (Å²) < 4.78 is 12.8. The van der Waals surface area contributed by atoms with Crippen molar-refractivity contribution in [3.63, 3.8) is 0 Å². The lowest BCUT2D eigenvalue weighted by molar-refractivity contribution is -0.913. The van der Waals surface area contributed by atoms with Crippen LogP contribution in [0.2, 0.25) is 0 Å². The molecule has 2 atom stereocenters. The highest BCUT2D eigenvalue weighted by Gasteiger charge is 2.32. The molecule has 2 amide bonds. The zero-order valence-corrected chi connectivity index (χ0v) is 11.2. The van der Waals surface area contributed by atoms with Crippen molar-refractivity contribution < 1.29 is 18.9 Å². The van der Waals surface area contributed by atoms with Gasteiger partial charge >= 0.3 is 0 Å². The van der Waals surface area contributed by atoms with Crippen LogP contribution in [0.1, 0.15) is 19.3 Å². The van der Waals surface area contributed by atoms with Gasteiger partial charge in [0.15, 0.2) is 12.6 Å². The predicted molar refractivity (Wildman–Crippen MR) is 72.6 cm³/mol. The molecule has 0 radical (unpaired) electrons. The molecule has 1 aromatic rings. The second-order valence-corrected chi connectivity index (χ2v) is 5.09. The highest BCUT2D eigenvalue weighted by atomic mass is 19.1. The van der Waals surface area contributed by atoms with Crippen molar-refractivity contribution in [2.24, 2.45) is 5.73 Å². The third kappa shape index (κ3) is 3.77. The first-order chi connectivity index (χ1) is 9.56. The summed E-state index contributed by atoms with van der Waals surface area (Å²) in [6, 6.07) is 5.29. The lowest BCUT2D eigenvalue weighted by Gasteiger charge is -2.29. The topological polar surface area (TPSA) is 76.6 Å². The van der Waals surface area contributed by atoms with Gasteiger partial charge in [-0.2, -0.15) is 0 Å². The van der Waals surface area contributed by atoms with Crippen LogP contribution in [0, 0.1) is 5.82 Å². The monoisotopic (exact) mass is 280 g/mol. The number of rotatable bonds is 4. The number of likely N-dealkylation sites (tertiary alicyclic amines) is 1. The Hall–Kier alpha value is -1.95. The van der Waals surface area contributed by atoms with E-state index in [1.54, 1.807) is 0 Å². The zero-order chi connectivity index (χ0) is 14.5. The Balaban J connectivity index is 1.92. The zero-order valence-electron chi connectivity index (χ0n) is 11.2. The van der Waals surface area contributed by atoms with Crippen molar-refractivity contribution in [1.82, 2.24) is 0 Å². The fourth-order valence-corrected chi connectivity index (χ4v) is 2.58. The minimum absolute atomic E-state index is 0.195. The van der Waals surface area contributed by atoms with E-state index in [4.69, 9.17) is 5.73 Å². The molecule has 0 aliphatic carbocycles. The lowest BCUT2D eigenvalue weighted by atomic mass is 10.0. The number of halogens is 1. The van der Waals surface area contributed by atoms with Crippen LogP contribution in [0.5, 0.6) is 0 Å². The molecule has 1 heterocycles. The number of hydrogen-bond acceptors (Lipinski definition) is 2. The van der Waals surface area contributed by atoms with E-state index in [0.717, 1.165) is 30.7 Å². The quantitative estimate of drug-likeness (QED) is 0.707. The first kappa shape index (κ1) is 14.5. The number of nitrogens with two attached hydrogens (primary N) is 1. The van der Waals surface area contributed by atoms with E-state index in [9.17, 15) is 14.0 Å². The van der Waals surface area contributed by atoms with Gasteiger partial charge in [0.05, 0.1) is 6.54 Å². The Morgan fingerprint density at radius 2 is 2.00 bits per heavy atom. The van der Waals surface area contributed by atoms with Gasteiger partial charge in [-0.1, -0.05) is 0 Å². The van der Waals surface area contributed by atoms with Crippen LogP contribution in [-0.2, 0) is 9.59 Å². The summed E-state index contributed by atoms with van der Waals surface area (Å²) in [5.41, 5.74) is 5.91. The van der Waals surface area contributed by atoms with Gasteiger partial charge < -0.3 is 16.0 Å². The smallest absolute Gasteiger partial charge is 0.279 e. The molecule has 0 aromatic heterocycles. The van der Waals surface area contributed by atoms with Crippen LogP contribution in [0.4, 0.5) is 10.1 Å². The molecule has 1 fully saturated rings. The minimum atomic E-state index is -0.353. The molecular formula is C14H19FN3O2+. The molecule has 0 saturated carbocycles. The summed E-state index contributed by atoms with van der Waals surface area (Å²) in [4.78, 5) is 24.2. The molecule has 1 aliphatic rings. The van der Waals surface area contributed by atoms with Gasteiger partial charge in [0.2, 0.25) is 0 Å². The van der Waals surface area contributed by atoms with E-state index < -0.39 is 0 Å². The Kier molecular flexibility index (Phi) is 4.68. The summed E-state index contributed by atoms with van der Waals surface area (Å²) in [5, 5.41) is 2.70. The van der Waals surface area contributed by atoms with Crippen molar-refractivity contribution in [2.75, 3.05) is 18.4 Å². The number of benzene rings is 1. The molecule has 6 heteroatoms. The first-order valence-corrected chi connectivity index (χ1v) is 6.75. The molecule has 5 nitrogen and oxygen atoms in total. The van der Waals surface area contributed by atoms with Gasteiger partial charge in [-0.3, -0.25) is 9.59 Å². The third-order valence-electron chi connectivity index (χ3n) is 3.59. The standard InChI is InChI=1S/C14H18FN3O2/c15-10-4-6-11(7-5-10)17-13(19)9-18-8-2-1-3-12(18)14(16)20/h4-7,12H,1-3,8-9H2,(H2,16,20)(H,17,19)/p+1/t12-/m1/s1. The van der Waals surface area contributed by atoms with Gasteiger partial charge in [-0.15, -0.1) is 0 Å². The minimum Gasteiger partial charge on any atom is -0.365 e.